The molecular weight excluding hydrogens is 545 g/mol. The molecule has 0 amide bonds. The molecule has 3 fully saturated rings. The Kier molecular flexibility index (Phi) is 10.8. The van der Waals surface area contributed by atoms with E-state index in [9.17, 15) is 36.0 Å². The molecule has 0 aromatic carbocycles. The molecule has 222 valence electrons. The summed E-state index contributed by atoms with van der Waals surface area (Å²) < 4.78 is 72.6. The maximum Gasteiger partial charge on any atom is 0.534 e. The average Bonchev–Trinajstić information content (AvgIpc) is 3.59. The number of nitrogens with zero attached hydrogens (tertiary/aromatic N) is 2. The van der Waals surface area contributed by atoms with Gasteiger partial charge in [-0.05, 0) is 70.5 Å². The van der Waals surface area contributed by atoms with Crippen LogP contribution in [0.1, 0.15) is 70.6 Å². The predicted octanol–water partition coefficient (Wildman–Crippen LogP) is 3.06. The summed E-state index contributed by atoms with van der Waals surface area (Å²) in [6.45, 7) is 1.67. The van der Waals surface area contributed by atoms with E-state index in [1.54, 1.807) is 0 Å². The quantitative estimate of drug-likeness (QED) is 0.263. The Morgan fingerprint density at radius 1 is 0.846 bits per heavy atom. The molecule has 0 N–H and O–H groups in total. The summed E-state index contributed by atoms with van der Waals surface area (Å²) in [5.41, 5.74) is -5.43. The van der Waals surface area contributed by atoms with E-state index in [0.717, 1.165) is 38.6 Å². The van der Waals surface area contributed by atoms with Crippen LogP contribution >= 0.6 is 0 Å². The molecule has 2 saturated heterocycles. The van der Waals surface area contributed by atoms with Crippen LogP contribution in [0.25, 0.3) is 0 Å². The summed E-state index contributed by atoms with van der Waals surface area (Å²) in [4.78, 5) is 38.7. The first-order chi connectivity index (χ1) is 18.4. The topological polar surface area (TPSA) is 120 Å². The normalized spacial score (nSPS) is 27.4. The van der Waals surface area contributed by atoms with Crippen LogP contribution in [0.3, 0.4) is 0 Å². The first kappa shape index (κ1) is 31.3. The summed E-state index contributed by atoms with van der Waals surface area (Å²) in [5.74, 6) is -0.278. The zero-order chi connectivity index (χ0) is 28.8. The Labute approximate surface area is 226 Å². The van der Waals surface area contributed by atoms with Gasteiger partial charge in [-0.25, -0.2) is 0 Å². The third-order valence-corrected chi connectivity index (χ3v) is 8.83. The number of rotatable bonds is 6. The second kappa shape index (κ2) is 13.4. The van der Waals surface area contributed by atoms with Crippen molar-refractivity contribution in [2.45, 2.75) is 100 Å². The number of methoxy groups -OCH3 is 2. The van der Waals surface area contributed by atoms with Crippen LogP contribution in [-0.2, 0) is 38.2 Å². The van der Waals surface area contributed by atoms with Gasteiger partial charge < -0.3 is 13.7 Å². The second-order valence-corrected chi connectivity index (χ2v) is 11.7. The zero-order valence-electron chi connectivity index (χ0n) is 22.3. The molecule has 4 aliphatic rings. The number of allylic oxidation sites excluding steroid dienone is 1. The van der Waals surface area contributed by atoms with Crippen molar-refractivity contribution in [3.8, 4) is 0 Å². The van der Waals surface area contributed by atoms with Crippen molar-refractivity contribution in [3.63, 3.8) is 0 Å². The van der Waals surface area contributed by atoms with Crippen LogP contribution in [-0.4, -0.2) is 92.9 Å². The van der Waals surface area contributed by atoms with Crippen molar-refractivity contribution in [1.82, 2.24) is 9.80 Å². The lowest BCUT2D eigenvalue weighted by molar-refractivity contribution is -0.147. The van der Waals surface area contributed by atoms with E-state index < -0.39 is 15.6 Å². The molecule has 14 heteroatoms. The Hall–Kier alpha value is -2.19. The fraction of sp³-hybridized carbons (Fsp3) is 0.800. The van der Waals surface area contributed by atoms with Crippen LogP contribution in [0.2, 0.25) is 0 Å². The number of alkyl halides is 3. The highest BCUT2D eigenvalue weighted by Gasteiger charge is 2.49. The van der Waals surface area contributed by atoms with Crippen molar-refractivity contribution in [2.24, 2.45) is 0 Å². The number of ether oxygens (including phenoxy) is 2. The zero-order valence-corrected chi connectivity index (χ0v) is 23.1. The number of Topliss-reactive ketones (excluding diaryl/α,β-unsaturated/α-hetero) is 1. The number of halogens is 3. The van der Waals surface area contributed by atoms with Gasteiger partial charge in [-0.2, -0.15) is 21.6 Å². The molecule has 0 aromatic rings. The van der Waals surface area contributed by atoms with Crippen LogP contribution in [0.15, 0.2) is 11.8 Å². The largest absolute Gasteiger partial charge is 0.534 e. The Bertz CT molecular complexity index is 1020. The minimum atomic E-state index is -5.62. The van der Waals surface area contributed by atoms with Crippen molar-refractivity contribution in [1.29, 1.82) is 0 Å². The second-order valence-electron chi connectivity index (χ2n) is 10.2. The van der Waals surface area contributed by atoms with Crippen molar-refractivity contribution in [3.05, 3.63) is 11.8 Å². The molecule has 2 aliphatic carbocycles. The lowest BCUT2D eigenvalue weighted by Crippen LogP contribution is -2.45. The number of esters is 2. The first-order valence-electron chi connectivity index (χ1n) is 13.3. The van der Waals surface area contributed by atoms with Crippen LogP contribution in [0.4, 0.5) is 13.2 Å². The molecule has 1 unspecified atom stereocenters. The summed E-state index contributed by atoms with van der Waals surface area (Å²) in [6, 6.07) is -0.0465. The van der Waals surface area contributed by atoms with Gasteiger partial charge in [0.15, 0.2) is 0 Å². The minimum Gasteiger partial charge on any atom is -0.468 e. The third-order valence-electron chi connectivity index (χ3n) is 7.83. The highest BCUT2D eigenvalue weighted by Crippen LogP contribution is 2.33. The highest BCUT2D eigenvalue weighted by molar-refractivity contribution is 7.87. The van der Waals surface area contributed by atoms with Gasteiger partial charge in [0, 0.05) is 31.3 Å². The van der Waals surface area contributed by atoms with Crippen molar-refractivity contribution >= 4 is 27.8 Å². The van der Waals surface area contributed by atoms with Gasteiger partial charge in [-0.15, -0.1) is 0 Å². The lowest BCUT2D eigenvalue weighted by Gasteiger charge is -2.33. The van der Waals surface area contributed by atoms with Gasteiger partial charge in [0.1, 0.15) is 23.6 Å². The van der Waals surface area contributed by atoms with E-state index in [1.165, 1.54) is 20.3 Å². The number of hydrogen-bond donors (Lipinski definition) is 0. The summed E-state index contributed by atoms with van der Waals surface area (Å²) in [5, 5.41) is 0. The fourth-order valence-electron chi connectivity index (χ4n) is 5.85. The van der Waals surface area contributed by atoms with Crippen LogP contribution < -0.4 is 0 Å². The molecule has 10 nitrogen and oxygen atoms in total. The molecule has 0 spiro atoms. The number of ketones is 1. The maximum atomic E-state index is 12.3. The number of carbonyl (C=O) groups excluding carboxylic acids is 3. The smallest absolute Gasteiger partial charge is 0.468 e. The van der Waals surface area contributed by atoms with E-state index in [0.29, 0.717) is 50.5 Å². The summed E-state index contributed by atoms with van der Waals surface area (Å²) in [6.07, 6.45) is 8.83. The first-order valence-corrected chi connectivity index (χ1v) is 14.7. The molecule has 0 radical (unpaired) electrons. The molecule has 1 saturated carbocycles. The van der Waals surface area contributed by atoms with E-state index in [-0.39, 0.29) is 42.2 Å². The third kappa shape index (κ3) is 7.94. The van der Waals surface area contributed by atoms with Gasteiger partial charge in [0.25, 0.3) is 0 Å². The van der Waals surface area contributed by atoms with E-state index in [1.807, 2.05) is 4.90 Å². The molecular formula is C25H37F3N2O8S. The van der Waals surface area contributed by atoms with E-state index in [2.05, 4.69) is 9.08 Å². The lowest BCUT2D eigenvalue weighted by atomic mass is 9.93. The Balaban J connectivity index is 0.000000230. The van der Waals surface area contributed by atoms with Crippen molar-refractivity contribution in [2.75, 3.05) is 27.3 Å². The van der Waals surface area contributed by atoms with E-state index in [4.69, 9.17) is 9.47 Å². The Morgan fingerprint density at radius 3 is 1.77 bits per heavy atom. The maximum absolute atomic E-state index is 12.3. The van der Waals surface area contributed by atoms with Gasteiger partial charge in [0.05, 0.1) is 14.2 Å². The number of hydrogen-bond acceptors (Lipinski definition) is 10. The summed E-state index contributed by atoms with van der Waals surface area (Å²) >= 11 is 0. The minimum absolute atomic E-state index is 0.0393. The monoisotopic (exact) mass is 582 g/mol. The molecule has 0 aromatic heterocycles. The highest BCUT2D eigenvalue weighted by atomic mass is 32.2. The summed E-state index contributed by atoms with van der Waals surface area (Å²) in [7, 11) is -2.86. The van der Waals surface area contributed by atoms with Gasteiger partial charge >= 0.3 is 27.6 Å². The molecule has 0 bridgehead atoms. The molecule has 2 aliphatic heterocycles. The van der Waals surface area contributed by atoms with Crippen LogP contribution in [0, 0.1) is 0 Å². The average molecular weight is 583 g/mol. The fourth-order valence-corrected chi connectivity index (χ4v) is 6.38. The number of likely N-dealkylation sites (tertiary alicyclic amines) is 2. The SMILES string of the molecule is COC(=O)[C@@H]1CCCN1C1CC=C(OS(=O)(=O)C(F)(F)F)CC1.COC(=O)[C@@H]1CCCN1C1CCC(=O)CC1. The standard InChI is InChI=1S/C13H18F3NO5S.C12H19NO3/c1-21-12(18)11-3-2-8-17(11)9-4-6-10(7-5-9)22-23(19,20)13(14,15)16;1-16-12(15)11-3-2-8-13(11)9-4-6-10(14)7-5-9/h6,9,11H,2-5,7-8H2,1H3;9,11H,2-8H2,1H3/t9?,11-;11-/m00/s1. The predicted molar refractivity (Wildman–Crippen MR) is 133 cm³/mol. The van der Waals surface area contributed by atoms with Crippen molar-refractivity contribution < 1.29 is 49.6 Å². The van der Waals surface area contributed by atoms with Gasteiger partial charge in [0.2, 0.25) is 0 Å². The molecule has 4 rings (SSSR count). The molecule has 39 heavy (non-hydrogen) atoms. The van der Waals surface area contributed by atoms with Crippen LogP contribution in [0.5, 0.6) is 0 Å². The van der Waals surface area contributed by atoms with Gasteiger partial charge in [-0.3, -0.25) is 24.2 Å². The molecule has 2 heterocycles. The van der Waals surface area contributed by atoms with Gasteiger partial charge in [-0.1, -0.05) is 0 Å². The molecule has 3 atom stereocenters. The van der Waals surface area contributed by atoms with E-state index >= 15 is 0 Å². The number of carbonyl (C=O) groups is 3. The Morgan fingerprint density at radius 2 is 1.33 bits per heavy atom.